The fraction of sp³-hybridized carbons (Fsp3) is 0.467. The first-order valence-corrected chi connectivity index (χ1v) is 9.07. The van der Waals surface area contributed by atoms with Crippen molar-refractivity contribution in [1.29, 1.82) is 0 Å². The minimum Gasteiger partial charge on any atom is -0.496 e. The SMILES string of the molecule is COc1ccc(S(N)(=O)=O)cc1C(=O)OC(C)C(=O)N1CCOCC1. The molecule has 0 spiro atoms. The van der Waals surface area contributed by atoms with Crippen molar-refractivity contribution < 1.29 is 32.2 Å². The number of carbonyl (C=O) groups excluding carboxylic acids is 2. The van der Waals surface area contributed by atoms with Crippen LogP contribution in [0.4, 0.5) is 0 Å². The van der Waals surface area contributed by atoms with Crippen LogP contribution in [-0.2, 0) is 24.3 Å². The first kappa shape index (κ1) is 19.2. The normalized spacial score (nSPS) is 16.2. The summed E-state index contributed by atoms with van der Waals surface area (Å²) in [6, 6.07) is 3.57. The lowest BCUT2D eigenvalue weighted by molar-refractivity contribution is -0.143. The Labute approximate surface area is 145 Å². The van der Waals surface area contributed by atoms with E-state index in [4.69, 9.17) is 19.3 Å². The molecule has 1 unspecified atom stereocenters. The van der Waals surface area contributed by atoms with Gasteiger partial charge in [0.05, 0.1) is 25.2 Å². The van der Waals surface area contributed by atoms with E-state index in [1.54, 1.807) is 4.90 Å². The van der Waals surface area contributed by atoms with Crippen LogP contribution < -0.4 is 9.88 Å². The molecule has 1 atom stereocenters. The smallest absolute Gasteiger partial charge is 0.342 e. The van der Waals surface area contributed by atoms with Crippen LogP contribution in [0.3, 0.4) is 0 Å². The van der Waals surface area contributed by atoms with E-state index in [-0.39, 0.29) is 22.1 Å². The third-order valence-electron chi connectivity index (χ3n) is 3.67. The summed E-state index contributed by atoms with van der Waals surface area (Å²) in [7, 11) is -2.67. The van der Waals surface area contributed by atoms with E-state index in [0.29, 0.717) is 26.3 Å². The van der Waals surface area contributed by atoms with Crippen LogP contribution >= 0.6 is 0 Å². The van der Waals surface area contributed by atoms with Crippen molar-refractivity contribution in [3.05, 3.63) is 23.8 Å². The Morgan fingerprint density at radius 2 is 1.92 bits per heavy atom. The lowest BCUT2D eigenvalue weighted by atomic mass is 10.2. The van der Waals surface area contributed by atoms with Gasteiger partial charge in [-0.05, 0) is 25.1 Å². The van der Waals surface area contributed by atoms with E-state index < -0.39 is 22.1 Å². The van der Waals surface area contributed by atoms with Crippen LogP contribution in [0.15, 0.2) is 23.1 Å². The summed E-state index contributed by atoms with van der Waals surface area (Å²) in [5.41, 5.74) is -0.129. The number of rotatable bonds is 5. The molecule has 0 aromatic heterocycles. The van der Waals surface area contributed by atoms with E-state index in [0.717, 1.165) is 6.07 Å². The molecule has 138 valence electrons. The average Bonchev–Trinajstić information content (AvgIpc) is 2.60. The van der Waals surface area contributed by atoms with Gasteiger partial charge >= 0.3 is 5.97 Å². The Hall–Kier alpha value is -2.17. The second-order valence-corrected chi connectivity index (χ2v) is 6.95. The van der Waals surface area contributed by atoms with Crippen LogP contribution in [0.5, 0.6) is 5.75 Å². The molecule has 2 rings (SSSR count). The molecular formula is C15H20N2O7S. The zero-order chi connectivity index (χ0) is 18.6. The van der Waals surface area contributed by atoms with Crippen molar-refractivity contribution in [1.82, 2.24) is 4.90 Å². The molecule has 1 aliphatic rings. The minimum absolute atomic E-state index is 0.114. The number of amides is 1. The van der Waals surface area contributed by atoms with Crippen molar-refractivity contribution in [3.8, 4) is 5.75 Å². The molecule has 1 aromatic rings. The highest BCUT2D eigenvalue weighted by atomic mass is 32.2. The van der Waals surface area contributed by atoms with Crippen LogP contribution in [0.1, 0.15) is 17.3 Å². The Kier molecular flexibility index (Phi) is 5.98. The van der Waals surface area contributed by atoms with Gasteiger partial charge in [-0.3, -0.25) is 4.79 Å². The number of nitrogens with zero attached hydrogens (tertiary/aromatic N) is 1. The molecule has 0 radical (unpaired) electrons. The molecule has 10 heteroatoms. The zero-order valence-electron chi connectivity index (χ0n) is 13.9. The molecule has 0 aliphatic carbocycles. The summed E-state index contributed by atoms with van der Waals surface area (Å²) in [5, 5.41) is 5.07. The number of ether oxygens (including phenoxy) is 3. The monoisotopic (exact) mass is 372 g/mol. The van der Waals surface area contributed by atoms with Crippen molar-refractivity contribution in [2.24, 2.45) is 5.14 Å². The predicted molar refractivity (Wildman–Crippen MR) is 86.6 cm³/mol. The van der Waals surface area contributed by atoms with Crippen LogP contribution in [0.25, 0.3) is 0 Å². The maximum atomic E-state index is 12.4. The van der Waals surface area contributed by atoms with E-state index in [9.17, 15) is 18.0 Å². The van der Waals surface area contributed by atoms with Gasteiger partial charge in [-0.15, -0.1) is 0 Å². The van der Waals surface area contributed by atoms with E-state index in [2.05, 4.69) is 0 Å². The van der Waals surface area contributed by atoms with Gasteiger partial charge in [0.2, 0.25) is 10.0 Å². The first-order valence-electron chi connectivity index (χ1n) is 7.52. The zero-order valence-corrected chi connectivity index (χ0v) is 14.7. The van der Waals surface area contributed by atoms with Crippen molar-refractivity contribution >= 4 is 21.9 Å². The number of carbonyl (C=O) groups is 2. The van der Waals surface area contributed by atoms with Gasteiger partial charge < -0.3 is 19.1 Å². The number of primary sulfonamides is 1. The highest BCUT2D eigenvalue weighted by molar-refractivity contribution is 7.89. The van der Waals surface area contributed by atoms with Gasteiger partial charge in [0.25, 0.3) is 5.91 Å². The second kappa shape index (κ2) is 7.81. The second-order valence-electron chi connectivity index (χ2n) is 5.39. The van der Waals surface area contributed by atoms with E-state index in [1.807, 2.05) is 0 Å². The Morgan fingerprint density at radius 1 is 1.28 bits per heavy atom. The van der Waals surface area contributed by atoms with Gasteiger partial charge in [0.15, 0.2) is 6.10 Å². The molecular weight excluding hydrogens is 352 g/mol. The van der Waals surface area contributed by atoms with Crippen LogP contribution in [0, 0.1) is 0 Å². The lowest BCUT2D eigenvalue weighted by Crippen LogP contribution is -2.46. The van der Waals surface area contributed by atoms with E-state index in [1.165, 1.54) is 26.2 Å². The molecule has 2 N–H and O–H groups in total. The quantitative estimate of drug-likeness (QED) is 0.706. The Bertz CT molecular complexity index is 757. The molecule has 0 saturated carbocycles. The predicted octanol–water partition coefficient (Wildman–Crippen LogP) is -0.253. The molecule has 1 aromatic carbocycles. The average molecular weight is 372 g/mol. The maximum absolute atomic E-state index is 12.4. The van der Waals surface area contributed by atoms with Crippen molar-refractivity contribution in [3.63, 3.8) is 0 Å². The topological polar surface area (TPSA) is 125 Å². The largest absolute Gasteiger partial charge is 0.496 e. The Balaban J connectivity index is 2.17. The molecule has 0 bridgehead atoms. The minimum atomic E-state index is -4.00. The number of sulfonamides is 1. The molecule has 1 aliphatic heterocycles. The molecule has 9 nitrogen and oxygen atoms in total. The van der Waals surface area contributed by atoms with Gasteiger partial charge in [-0.2, -0.15) is 0 Å². The summed E-state index contributed by atoms with van der Waals surface area (Å²) >= 11 is 0. The summed E-state index contributed by atoms with van der Waals surface area (Å²) in [6.45, 7) is 3.15. The lowest BCUT2D eigenvalue weighted by Gasteiger charge is -2.29. The summed E-state index contributed by atoms with van der Waals surface area (Å²) in [5.74, 6) is -1.11. The highest BCUT2D eigenvalue weighted by Crippen LogP contribution is 2.23. The van der Waals surface area contributed by atoms with Gasteiger partial charge in [0.1, 0.15) is 11.3 Å². The summed E-state index contributed by atoms with van der Waals surface area (Å²) in [4.78, 5) is 25.9. The molecule has 1 saturated heterocycles. The van der Waals surface area contributed by atoms with Gasteiger partial charge in [-0.25, -0.2) is 18.4 Å². The molecule has 1 heterocycles. The van der Waals surface area contributed by atoms with Crippen LogP contribution in [-0.4, -0.2) is 64.7 Å². The van der Waals surface area contributed by atoms with E-state index >= 15 is 0 Å². The number of nitrogens with two attached hydrogens (primary N) is 1. The number of morpholine rings is 1. The maximum Gasteiger partial charge on any atom is 0.342 e. The summed E-state index contributed by atoms with van der Waals surface area (Å²) < 4.78 is 38.3. The number of hydrogen-bond acceptors (Lipinski definition) is 7. The number of hydrogen-bond donors (Lipinski definition) is 1. The number of esters is 1. The number of benzene rings is 1. The fourth-order valence-corrected chi connectivity index (χ4v) is 2.88. The standard InChI is InChI=1S/C15H20N2O7S/c1-10(14(18)17-5-7-23-8-6-17)24-15(19)12-9-11(25(16,20)21)3-4-13(12)22-2/h3-4,9-10H,5-8H2,1-2H3,(H2,16,20,21). The Morgan fingerprint density at radius 3 is 2.48 bits per heavy atom. The van der Waals surface area contributed by atoms with Gasteiger partial charge in [0, 0.05) is 13.1 Å². The first-order chi connectivity index (χ1) is 11.7. The van der Waals surface area contributed by atoms with Crippen molar-refractivity contribution in [2.45, 2.75) is 17.9 Å². The van der Waals surface area contributed by atoms with Crippen molar-refractivity contribution in [2.75, 3.05) is 33.4 Å². The third kappa shape index (κ3) is 4.68. The number of methoxy groups -OCH3 is 1. The molecule has 1 amide bonds. The van der Waals surface area contributed by atoms with Gasteiger partial charge in [-0.1, -0.05) is 0 Å². The third-order valence-corrected chi connectivity index (χ3v) is 4.58. The fourth-order valence-electron chi connectivity index (χ4n) is 2.34. The highest BCUT2D eigenvalue weighted by Gasteiger charge is 2.27. The molecule has 1 fully saturated rings. The van der Waals surface area contributed by atoms with Crippen LogP contribution in [0.2, 0.25) is 0 Å². The molecule has 25 heavy (non-hydrogen) atoms. The summed E-state index contributed by atoms with van der Waals surface area (Å²) in [6.07, 6.45) is -1.03.